The quantitative estimate of drug-likeness (QED) is 0.866. The molecule has 102 valence electrons. The lowest BCUT2D eigenvalue weighted by atomic mass is 10.1. The average molecular weight is 260 g/mol. The molecule has 2 N–H and O–H groups in total. The molecule has 1 atom stereocenters. The number of aromatic nitrogens is 3. The highest BCUT2D eigenvalue weighted by Gasteiger charge is 2.10. The van der Waals surface area contributed by atoms with Gasteiger partial charge in [0, 0.05) is 24.3 Å². The Balaban J connectivity index is 2.15. The van der Waals surface area contributed by atoms with Crippen LogP contribution in [0, 0.1) is 0 Å². The van der Waals surface area contributed by atoms with Gasteiger partial charge in [0.15, 0.2) is 5.75 Å². The second-order valence-electron chi connectivity index (χ2n) is 4.47. The van der Waals surface area contributed by atoms with Crippen LogP contribution in [0.1, 0.15) is 25.8 Å². The maximum atomic E-state index is 5.99. The first-order valence-corrected chi connectivity index (χ1v) is 6.62. The molecule has 2 aromatic heterocycles. The van der Waals surface area contributed by atoms with Crippen molar-refractivity contribution < 1.29 is 4.74 Å². The summed E-state index contributed by atoms with van der Waals surface area (Å²) in [5.74, 6) is 1.31. The van der Waals surface area contributed by atoms with E-state index in [0.717, 1.165) is 24.9 Å². The third-order valence-corrected chi connectivity index (χ3v) is 3.00. The summed E-state index contributed by atoms with van der Waals surface area (Å²) in [6.45, 7) is 4.93. The summed E-state index contributed by atoms with van der Waals surface area (Å²) in [4.78, 5) is 4.28. The second-order valence-corrected chi connectivity index (χ2v) is 4.47. The van der Waals surface area contributed by atoms with Crippen LogP contribution in [0.4, 0.5) is 0 Å². The molecule has 0 aliphatic heterocycles. The lowest BCUT2D eigenvalue weighted by Crippen LogP contribution is -2.21. The molecule has 0 saturated carbocycles. The highest BCUT2D eigenvalue weighted by atomic mass is 16.5. The molecule has 0 aliphatic rings. The minimum atomic E-state index is 0.130. The van der Waals surface area contributed by atoms with E-state index in [2.05, 4.69) is 17.0 Å². The lowest BCUT2D eigenvalue weighted by molar-refractivity contribution is 0.451. The SMILES string of the molecule is CCC(N)Cc1cccnc1Oc1cnn(CC)c1. The zero-order chi connectivity index (χ0) is 13.7. The summed E-state index contributed by atoms with van der Waals surface area (Å²) < 4.78 is 7.60. The summed E-state index contributed by atoms with van der Waals surface area (Å²) in [7, 11) is 0. The van der Waals surface area contributed by atoms with Crippen LogP contribution in [0.3, 0.4) is 0 Å². The molecule has 0 amide bonds. The van der Waals surface area contributed by atoms with Crippen LogP contribution >= 0.6 is 0 Å². The zero-order valence-electron chi connectivity index (χ0n) is 11.4. The van der Waals surface area contributed by atoms with Gasteiger partial charge in [-0.3, -0.25) is 4.68 Å². The molecule has 0 bridgehead atoms. The van der Waals surface area contributed by atoms with Gasteiger partial charge in [0.2, 0.25) is 5.88 Å². The van der Waals surface area contributed by atoms with Crippen molar-refractivity contribution in [2.24, 2.45) is 5.73 Å². The Bertz CT molecular complexity index is 524. The van der Waals surface area contributed by atoms with E-state index in [9.17, 15) is 0 Å². The first-order valence-electron chi connectivity index (χ1n) is 6.62. The molecule has 5 heteroatoms. The normalized spacial score (nSPS) is 12.4. The van der Waals surface area contributed by atoms with E-state index in [0.29, 0.717) is 11.6 Å². The standard InChI is InChI=1S/C14H20N4O/c1-3-12(15)8-11-6-5-7-16-14(11)19-13-9-17-18(4-2)10-13/h5-7,9-10,12H,3-4,8,15H2,1-2H3. The maximum absolute atomic E-state index is 5.99. The van der Waals surface area contributed by atoms with Crippen molar-refractivity contribution in [3.8, 4) is 11.6 Å². The predicted molar refractivity (Wildman–Crippen MR) is 74.2 cm³/mol. The van der Waals surface area contributed by atoms with Crippen LogP contribution < -0.4 is 10.5 Å². The van der Waals surface area contributed by atoms with Crippen molar-refractivity contribution >= 4 is 0 Å². The van der Waals surface area contributed by atoms with Crippen molar-refractivity contribution in [2.45, 2.75) is 39.3 Å². The van der Waals surface area contributed by atoms with Gasteiger partial charge in [0.1, 0.15) is 0 Å². The molecule has 5 nitrogen and oxygen atoms in total. The number of rotatable bonds is 6. The second kappa shape index (κ2) is 6.33. The number of ether oxygens (including phenoxy) is 1. The van der Waals surface area contributed by atoms with Gasteiger partial charge >= 0.3 is 0 Å². The van der Waals surface area contributed by atoms with E-state index < -0.39 is 0 Å². The van der Waals surface area contributed by atoms with Crippen molar-refractivity contribution in [2.75, 3.05) is 0 Å². The molecule has 0 saturated heterocycles. The predicted octanol–water partition coefficient (Wildman–Crippen LogP) is 2.37. The van der Waals surface area contributed by atoms with E-state index >= 15 is 0 Å². The van der Waals surface area contributed by atoms with E-state index in [1.54, 1.807) is 12.4 Å². The Morgan fingerprint density at radius 2 is 2.26 bits per heavy atom. The maximum Gasteiger partial charge on any atom is 0.222 e. The summed E-state index contributed by atoms with van der Waals surface area (Å²) in [5.41, 5.74) is 7.02. The van der Waals surface area contributed by atoms with E-state index in [4.69, 9.17) is 10.5 Å². The lowest BCUT2D eigenvalue weighted by Gasteiger charge is -2.12. The van der Waals surface area contributed by atoms with Gasteiger partial charge in [-0.1, -0.05) is 13.0 Å². The summed E-state index contributed by atoms with van der Waals surface area (Å²) >= 11 is 0. The van der Waals surface area contributed by atoms with Gasteiger partial charge in [0.05, 0.1) is 12.4 Å². The fourth-order valence-corrected chi connectivity index (χ4v) is 1.78. The molecule has 0 fully saturated rings. The number of nitrogens with zero attached hydrogens (tertiary/aromatic N) is 3. The number of hydrogen-bond acceptors (Lipinski definition) is 4. The smallest absolute Gasteiger partial charge is 0.222 e. The van der Waals surface area contributed by atoms with Crippen molar-refractivity contribution in [1.29, 1.82) is 0 Å². The zero-order valence-corrected chi connectivity index (χ0v) is 11.4. The molecule has 19 heavy (non-hydrogen) atoms. The highest BCUT2D eigenvalue weighted by Crippen LogP contribution is 2.23. The van der Waals surface area contributed by atoms with Crippen LogP contribution in [0.15, 0.2) is 30.7 Å². The molecule has 0 radical (unpaired) electrons. The summed E-state index contributed by atoms with van der Waals surface area (Å²) in [6.07, 6.45) is 6.98. The Morgan fingerprint density at radius 3 is 2.95 bits per heavy atom. The van der Waals surface area contributed by atoms with Crippen LogP contribution in [0.2, 0.25) is 0 Å². The fraction of sp³-hybridized carbons (Fsp3) is 0.429. The van der Waals surface area contributed by atoms with Crippen molar-refractivity contribution in [3.63, 3.8) is 0 Å². The number of pyridine rings is 1. The van der Waals surface area contributed by atoms with E-state index in [1.807, 2.05) is 29.9 Å². The molecule has 2 heterocycles. The molecule has 2 aromatic rings. The van der Waals surface area contributed by atoms with Gasteiger partial charge < -0.3 is 10.5 Å². The van der Waals surface area contributed by atoms with Gasteiger partial charge in [-0.2, -0.15) is 5.10 Å². The molecular weight excluding hydrogens is 240 g/mol. The average Bonchev–Trinajstić information content (AvgIpc) is 2.88. The Hall–Kier alpha value is -1.88. The minimum absolute atomic E-state index is 0.130. The van der Waals surface area contributed by atoms with Crippen molar-refractivity contribution in [1.82, 2.24) is 14.8 Å². The number of hydrogen-bond donors (Lipinski definition) is 1. The van der Waals surface area contributed by atoms with Crippen LogP contribution in [-0.4, -0.2) is 20.8 Å². The van der Waals surface area contributed by atoms with Crippen LogP contribution in [0.25, 0.3) is 0 Å². The number of nitrogens with two attached hydrogens (primary N) is 1. The minimum Gasteiger partial charge on any atom is -0.435 e. The van der Waals surface area contributed by atoms with Gasteiger partial charge in [-0.05, 0) is 25.8 Å². The van der Waals surface area contributed by atoms with Gasteiger partial charge in [-0.15, -0.1) is 0 Å². The molecule has 0 spiro atoms. The fourth-order valence-electron chi connectivity index (χ4n) is 1.78. The molecular formula is C14H20N4O. The van der Waals surface area contributed by atoms with Gasteiger partial charge in [0.25, 0.3) is 0 Å². The highest BCUT2D eigenvalue weighted by molar-refractivity contribution is 5.30. The monoisotopic (exact) mass is 260 g/mol. The Labute approximate surface area is 113 Å². The van der Waals surface area contributed by atoms with Gasteiger partial charge in [-0.25, -0.2) is 4.98 Å². The molecule has 0 aromatic carbocycles. The van der Waals surface area contributed by atoms with Crippen LogP contribution in [0.5, 0.6) is 11.6 Å². The van der Waals surface area contributed by atoms with E-state index in [-0.39, 0.29) is 6.04 Å². The largest absolute Gasteiger partial charge is 0.435 e. The van der Waals surface area contributed by atoms with Crippen molar-refractivity contribution in [3.05, 3.63) is 36.3 Å². The van der Waals surface area contributed by atoms with Crippen LogP contribution in [-0.2, 0) is 13.0 Å². The third kappa shape index (κ3) is 3.54. The Morgan fingerprint density at radius 1 is 1.42 bits per heavy atom. The number of aryl methyl sites for hydroxylation is 1. The summed E-state index contributed by atoms with van der Waals surface area (Å²) in [5, 5.41) is 4.18. The van der Waals surface area contributed by atoms with E-state index in [1.165, 1.54) is 0 Å². The first-order chi connectivity index (χ1) is 9.22. The summed E-state index contributed by atoms with van der Waals surface area (Å²) in [6, 6.07) is 4.03. The first kappa shape index (κ1) is 13.5. The topological polar surface area (TPSA) is 66.0 Å². The Kier molecular flexibility index (Phi) is 4.52. The molecule has 2 rings (SSSR count). The molecule has 0 aliphatic carbocycles. The third-order valence-electron chi connectivity index (χ3n) is 3.00. The molecule has 1 unspecified atom stereocenters.